The topological polar surface area (TPSA) is 26.3 Å². The minimum Gasteiger partial charge on any atom is -0.455 e. The highest BCUT2D eigenvalue weighted by molar-refractivity contribution is 5.87. The lowest BCUT2D eigenvalue weighted by atomic mass is 9.59. The first-order chi connectivity index (χ1) is 8.53. The normalized spacial score (nSPS) is 54.3. The van der Waals surface area contributed by atoms with Gasteiger partial charge in [0.1, 0.15) is 5.60 Å². The third-order valence-electron chi connectivity index (χ3n) is 6.66. The van der Waals surface area contributed by atoms with E-state index < -0.39 is 0 Å². The molecular weight excluding hydrogens is 224 g/mol. The molecule has 2 heteroatoms. The van der Waals surface area contributed by atoms with Crippen LogP contribution in [-0.2, 0) is 9.53 Å². The van der Waals surface area contributed by atoms with Crippen molar-refractivity contribution in [3.05, 3.63) is 12.2 Å². The lowest BCUT2D eigenvalue weighted by Crippen LogP contribution is -2.49. The maximum atomic E-state index is 12.0. The van der Waals surface area contributed by atoms with Gasteiger partial charge in [-0.15, -0.1) is 0 Å². The summed E-state index contributed by atoms with van der Waals surface area (Å²) in [7, 11) is 0. The third kappa shape index (κ3) is 1.01. The van der Waals surface area contributed by atoms with Crippen molar-refractivity contribution in [2.75, 3.05) is 0 Å². The Balaban J connectivity index is 1.68. The molecule has 0 aromatic carbocycles. The highest BCUT2D eigenvalue weighted by atomic mass is 16.6. The molecule has 0 N–H and O–H groups in total. The summed E-state index contributed by atoms with van der Waals surface area (Å²) in [4.78, 5) is 12.0. The average molecular weight is 246 g/mol. The molecule has 0 aliphatic heterocycles. The van der Waals surface area contributed by atoms with E-state index in [1.165, 1.54) is 25.7 Å². The molecule has 0 aromatic heterocycles. The summed E-state index contributed by atoms with van der Waals surface area (Å²) in [5.74, 6) is 3.07. The maximum Gasteiger partial charge on any atom is 0.333 e. The number of ether oxygens (including phenoxy) is 1. The summed E-state index contributed by atoms with van der Waals surface area (Å²) in [6.45, 7) is 7.70. The molecule has 4 aliphatic rings. The third-order valence-corrected chi connectivity index (χ3v) is 6.66. The van der Waals surface area contributed by atoms with Gasteiger partial charge in [0, 0.05) is 11.5 Å². The van der Waals surface area contributed by atoms with E-state index in [0.717, 1.165) is 18.3 Å². The highest BCUT2D eigenvalue weighted by Gasteiger charge is 2.81. The Kier molecular flexibility index (Phi) is 1.86. The lowest BCUT2D eigenvalue weighted by molar-refractivity contribution is -0.172. The largest absolute Gasteiger partial charge is 0.455 e. The molecule has 0 heterocycles. The van der Waals surface area contributed by atoms with Gasteiger partial charge in [-0.25, -0.2) is 4.79 Å². The first kappa shape index (κ1) is 11.1. The zero-order valence-electron chi connectivity index (χ0n) is 11.4. The second kappa shape index (κ2) is 3.02. The van der Waals surface area contributed by atoms with Crippen molar-refractivity contribution in [2.24, 2.45) is 29.1 Å². The summed E-state index contributed by atoms with van der Waals surface area (Å²) < 4.78 is 6.03. The van der Waals surface area contributed by atoms with Gasteiger partial charge in [0.2, 0.25) is 0 Å². The number of hydrogen-bond donors (Lipinski definition) is 0. The molecular formula is C16H22O2. The van der Waals surface area contributed by atoms with Gasteiger partial charge in [0.15, 0.2) is 0 Å². The van der Waals surface area contributed by atoms with Crippen molar-refractivity contribution in [2.45, 2.75) is 51.6 Å². The van der Waals surface area contributed by atoms with Crippen LogP contribution in [0.25, 0.3) is 0 Å². The molecule has 0 amide bonds. The monoisotopic (exact) mass is 246 g/mol. The summed E-state index contributed by atoms with van der Waals surface area (Å²) in [6.07, 6.45) is 6.36. The summed E-state index contributed by atoms with van der Waals surface area (Å²) in [5.41, 5.74) is 1.01. The van der Waals surface area contributed by atoms with Crippen molar-refractivity contribution >= 4 is 5.97 Å². The van der Waals surface area contributed by atoms with E-state index in [1.54, 1.807) is 6.92 Å². The molecule has 98 valence electrons. The zero-order chi connectivity index (χ0) is 12.7. The molecule has 0 aromatic rings. The predicted octanol–water partition coefficient (Wildman–Crippen LogP) is 3.32. The molecule has 6 unspecified atom stereocenters. The average Bonchev–Trinajstić information content (AvgIpc) is 3.01. The molecule has 2 nitrogen and oxygen atoms in total. The number of esters is 1. The van der Waals surface area contributed by atoms with E-state index in [4.69, 9.17) is 4.74 Å². The fraction of sp³-hybridized carbons (Fsp3) is 0.812. The number of rotatable bonds is 3. The Labute approximate surface area is 109 Å². The molecule has 4 fully saturated rings. The van der Waals surface area contributed by atoms with Crippen molar-refractivity contribution in [3.8, 4) is 0 Å². The smallest absolute Gasteiger partial charge is 0.333 e. The molecule has 18 heavy (non-hydrogen) atoms. The Morgan fingerprint density at radius 1 is 1.39 bits per heavy atom. The van der Waals surface area contributed by atoms with Crippen molar-refractivity contribution in [3.63, 3.8) is 0 Å². The van der Waals surface area contributed by atoms with Crippen LogP contribution in [0.4, 0.5) is 0 Å². The maximum absolute atomic E-state index is 12.0. The summed E-state index contributed by atoms with van der Waals surface area (Å²) >= 11 is 0. The Morgan fingerprint density at radius 2 is 2.17 bits per heavy atom. The number of fused-ring (bicyclic) bond motifs is 1. The number of hydrogen-bond acceptors (Lipinski definition) is 2. The van der Waals surface area contributed by atoms with Gasteiger partial charge < -0.3 is 4.74 Å². The number of carbonyl (C=O) groups excluding carboxylic acids is 1. The summed E-state index contributed by atoms with van der Waals surface area (Å²) in [5, 5.41) is 0. The van der Waals surface area contributed by atoms with E-state index in [0.29, 0.717) is 22.8 Å². The van der Waals surface area contributed by atoms with Crippen LogP contribution in [0, 0.1) is 29.1 Å². The second-order valence-electron chi connectivity index (χ2n) is 7.21. The minimum absolute atomic E-state index is 0.141. The Bertz CT molecular complexity index is 450. The highest BCUT2D eigenvalue weighted by Crippen LogP contribution is 2.84. The molecule has 4 rings (SSSR count). The van der Waals surface area contributed by atoms with E-state index >= 15 is 0 Å². The molecule has 1 spiro atoms. The molecule has 2 bridgehead atoms. The van der Waals surface area contributed by atoms with Gasteiger partial charge in [-0.05, 0) is 62.2 Å². The first-order valence-corrected chi connectivity index (χ1v) is 7.42. The van der Waals surface area contributed by atoms with Crippen LogP contribution < -0.4 is 0 Å². The van der Waals surface area contributed by atoms with Crippen LogP contribution in [0.15, 0.2) is 12.2 Å². The standard InChI is InChI=1S/C16H22O2/c1-4-16(18-14(17)9(2)3)11-5-10-7-15(8-13(15)16)12(10)6-11/h10-13H,2,4-8H2,1,3H3. The van der Waals surface area contributed by atoms with Crippen molar-refractivity contribution in [1.29, 1.82) is 0 Å². The Morgan fingerprint density at radius 3 is 2.83 bits per heavy atom. The van der Waals surface area contributed by atoms with Crippen LogP contribution in [-0.4, -0.2) is 11.6 Å². The predicted molar refractivity (Wildman–Crippen MR) is 68.8 cm³/mol. The van der Waals surface area contributed by atoms with Gasteiger partial charge in [-0.2, -0.15) is 0 Å². The van der Waals surface area contributed by atoms with Gasteiger partial charge in [-0.1, -0.05) is 13.5 Å². The summed E-state index contributed by atoms with van der Waals surface area (Å²) in [6, 6.07) is 0. The fourth-order valence-corrected chi connectivity index (χ4v) is 5.85. The second-order valence-corrected chi connectivity index (χ2v) is 7.21. The first-order valence-electron chi connectivity index (χ1n) is 7.42. The van der Waals surface area contributed by atoms with E-state index in [-0.39, 0.29) is 11.6 Å². The Hall–Kier alpha value is -0.790. The number of carbonyl (C=O) groups is 1. The van der Waals surface area contributed by atoms with E-state index in [1.807, 2.05) is 0 Å². The minimum atomic E-state index is -0.165. The van der Waals surface area contributed by atoms with Crippen LogP contribution in [0.5, 0.6) is 0 Å². The lowest BCUT2D eigenvalue weighted by Gasteiger charge is -2.48. The van der Waals surface area contributed by atoms with Crippen LogP contribution >= 0.6 is 0 Å². The van der Waals surface area contributed by atoms with Gasteiger partial charge >= 0.3 is 5.97 Å². The molecule has 4 aliphatic carbocycles. The van der Waals surface area contributed by atoms with Crippen LogP contribution in [0.3, 0.4) is 0 Å². The quantitative estimate of drug-likeness (QED) is 0.564. The van der Waals surface area contributed by atoms with Gasteiger partial charge in [0.05, 0.1) is 0 Å². The molecule has 4 saturated carbocycles. The van der Waals surface area contributed by atoms with Crippen molar-refractivity contribution in [1.82, 2.24) is 0 Å². The van der Waals surface area contributed by atoms with E-state index in [9.17, 15) is 4.79 Å². The van der Waals surface area contributed by atoms with Crippen molar-refractivity contribution < 1.29 is 9.53 Å². The molecule has 6 atom stereocenters. The van der Waals surface area contributed by atoms with Gasteiger partial charge in [-0.3, -0.25) is 0 Å². The molecule has 0 radical (unpaired) electrons. The fourth-order valence-electron chi connectivity index (χ4n) is 5.85. The zero-order valence-corrected chi connectivity index (χ0v) is 11.4. The van der Waals surface area contributed by atoms with E-state index in [2.05, 4.69) is 13.5 Å². The van der Waals surface area contributed by atoms with Gasteiger partial charge in [0.25, 0.3) is 0 Å². The van der Waals surface area contributed by atoms with Crippen LogP contribution in [0.2, 0.25) is 0 Å². The SMILES string of the molecule is C=C(C)C(=O)OC1(CC)C2CC3CC4(CC41)C3C2. The molecule has 0 saturated heterocycles. The van der Waals surface area contributed by atoms with Crippen LogP contribution in [0.1, 0.15) is 46.0 Å².